The van der Waals surface area contributed by atoms with Gasteiger partial charge in [-0.05, 0) is 197 Å². The maximum absolute atomic E-state index is 10.1. The molecule has 105 heavy (non-hydrogen) atoms. The molecule has 0 N–H and O–H groups in total. The van der Waals surface area contributed by atoms with Gasteiger partial charge in [0, 0.05) is 39.7 Å². The Labute approximate surface area is 615 Å². The van der Waals surface area contributed by atoms with Crippen molar-refractivity contribution in [1.29, 1.82) is 10.5 Å². The normalized spacial score (nSPS) is 11.7. The first-order chi connectivity index (χ1) is 52.0. The molecule has 1 heterocycles. The Balaban J connectivity index is 0.642. The van der Waals surface area contributed by atoms with Crippen LogP contribution in [0.2, 0.25) is 0 Å². The summed E-state index contributed by atoms with van der Waals surface area (Å²) >= 11 is 0. The molecule has 0 spiro atoms. The van der Waals surface area contributed by atoms with Gasteiger partial charge in [-0.3, -0.25) is 0 Å². The number of nitrogens with zero attached hydrogens (tertiary/aromatic N) is 4. The summed E-state index contributed by atoms with van der Waals surface area (Å²) in [5.41, 5.74) is 26.8. The first-order valence-electron chi connectivity index (χ1n) is 35.1. The SMILES string of the molecule is N#CC(C#N)=C1C=C(/C=C/c2ccc(N(c3ccccc3)c3ccc(-c4ccc(C(=C(c5ccccc5)c5ccccc5)c5ccccc5)cc4)cc3)cc2)OC(/C=C/c2ccc(N(c3ccccc3)c3ccc(-c4ccc(C(=C(c5ccccc5)c5ccccc5)c5ccccc5)cc4)cc3)cc2)=C1. The third kappa shape index (κ3) is 15.4. The lowest BCUT2D eigenvalue weighted by Gasteiger charge is -2.26. The maximum Gasteiger partial charge on any atom is 0.137 e. The predicted octanol–water partition coefficient (Wildman–Crippen LogP) is 25.8. The molecule has 0 aromatic heterocycles. The van der Waals surface area contributed by atoms with Crippen LogP contribution in [-0.4, -0.2) is 0 Å². The van der Waals surface area contributed by atoms with Gasteiger partial charge in [-0.25, -0.2) is 0 Å². The van der Waals surface area contributed by atoms with Crippen molar-refractivity contribution in [2.45, 2.75) is 0 Å². The molecule has 0 amide bonds. The smallest absolute Gasteiger partial charge is 0.137 e. The van der Waals surface area contributed by atoms with Crippen LogP contribution in [-0.2, 0) is 4.74 Å². The van der Waals surface area contributed by atoms with Gasteiger partial charge in [-0.15, -0.1) is 0 Å². The summed E-state index contributed by atoms with van der Waals surface area (Å²) in [5, 5.41) is 20.1. The van der Waals surface area contributed by atoms with Crippen molar-refractivity contribution < 1.29 is 4.74 Å². The topological polar surface area (TPSA) is 63.3 Å². The molecule has 1 aliphatic rings. The van der Waals surface area contributed by atoms with Crippen LogP contribution >= 0.6 is 0 Å². The molecule has 0 unspecified atom stereocenters. The van der Waals surface area contributed by atoms with E-state index in [0.29, 0.717) is 17.1 Å². The molecule has 1 aliphatic heterocycles. The number of nitriles is 2. The molecule has 0 saturated carbocycles. The summed E-state index contributed by atoms with van der Waals surface area (Å²) in [6, 6.07) is 141. The summed E-state index contributed by atoms with van der Waals surface area (Å²) in [6.07, 6.45) is 11.2. The first kappa shape index (κ1) is 66.5. The summed E-state index contributed by atoms with van der Waals surface area (Å²) in [5.74, 6) is 0.971. The minimum atomic E-state index is -0.00767. The van der Waals surface area contributed by atoms with Crippen molar-refractivity contribution in [2.24, 2.45) is 0 Å². The lowest BCUT2D eigenvalue weighted by atomic mass is 9.85. The highest BCUT2D eigenvalue weighted by atomic mass is 16.5. The Morgan fingerprint density at radius 2 is 0.438 bits per heavy atom. The van der Waals surface area contributed by atoms with Crippen molar-refractivity contribution in [2.75, 3.05) is 9.80 Å². The molecule has 14 aromatic carbocycles. The van der Waals surface area contributed by atoms with E-state index in [-0.39, 0.29) is 5.57 Å². The summed E-state index contributed by atoms with van der Waals surface area (Å²) < 4.78 is 6.47. The van der Waals surface area contributed by atoms with Gasteiger partial charge in [0.25, 0.3) is 0 Å². The Kier molecular flexibility index (Phi) is 20.2. The number of hydrogen-bond donors (Lipinski definition) is 0. The standard InChI is InChI=1S/C100H70N4O/c101-71-88(72-102)87-69-95(67-45-73-41-59-91(60-42-73)103(89-37-21-7-22-38-89)93-63-55-77(56-64-93)75-47-51-85(52-48-75)99(83-33-17-5-18-34-83)97(79-25-9-1-10-26-79)80-27-11-2-12-28-80)105-96(70-87)68-46-74-43-61-92(62-44-74)104(90-39-23-8-24-40-90)94-65-57-78(58-66-94)76-49-53-86(54-50-76)100(84-35-19-6-20-36-84)98(81-29-13-3-14-30-81)82-31-15-4-16-32-82/h1-70H/b67-45+,68-46+. The van der Waals surface area contributed by atoms with Crippen LogP contribution in [0.3, 0.4) is 0 Å². The monoisotopic (exact) mass is 1340 g/mol. The van der Waals surface area contributed by atoms with Crippen LogP contribution < -0.4 is 9.80 Å². The third-order valence-corrected chi connectivity index (χ3v) is 18.7. The van der Waals surface area contributed by atoms with Gasteiger partial charge < -0.3 is 14.5 Å². The van der Waals surface area contributed by atoms with Crippen LogP contribution in [0, 0.1) is 22.7 Å². The molecule has 5 nitrogen and oxygen atoms in total. The van der Waals surface area contributed by atoms with E-state index in [1.807, 2.05) is 36.4 Å². The molecule has 0 atom stereocenters. The second-order valence-corrected chi connectivity index (χ2v) is 25.4. The minimum absolute atomic E-state index is 0.00767. The van der Waals surface area contributed by atoms with Crippen molar-refractivity contribution in [3.8, 4) is 34.4 Å². The van der Waals surface area contributed by atoms with Gasteiger partial charge in [-0.2, -0.15) is 10.5 Å². The fourth-order valence-corrected chi connectivity index (χ4v) is 13.6. The molecule has 496 valence electrons. The molecular weight excluding hydrogens is 1270 g/mol. The summed E-state index contributed by atoms with van der Waals surface area (Å²) in [7, 11) is 0. The van der Waals surface area contributed by atoms with Gasteiger partial charge in [0.15, 0.2) is 0 Å². The molecular formula is C100H70N4O. The number of para-hydroxylation sites is 2. The number of rotatable bonds is 20. The van der Waals surface area contributed by atoms with Gasteiger partial charge in [0.05, 0.1) is 0 Å². The minimum Gasteiger partial charge on any atom is -0.457 e. The number of anilines is 6. The number of benzene rings is 14. The Morgan fingerprint density at radius 3 is 0.686 bits per heavy atom. The first-order valence-corrected chi connectivity index (χ1v) is 35.1. The van der Waals surface area contributed by atoms with E-state index in [0.717, 1.165) is 112 Å². The van der Waals surface area contributed by atoms with E-state index in [4.69, 9.17) is 4.74 Å². The Morgan fingerprint density at radius 1 is 0.229 bits per heavy atom. The average molecular weight is 1340 g/mol. The van der Waals surface area contributed by atoms with E-state index in [2.05, 4.69) is 398 Å². The second kappa shape index (κ2) is 31.9. The van der Waals surface area contributed by atoms with Crippen molar-refractivity contribution in [3.05, 3.63) is 491 Å². The lowest BCUT2D eigenvalue weighted by molar-refractivity contribution is 0.332. The van der Waals surface area contributed by atoms with Crippen LogP contribution in [0.15, 0.2) is 435 Å². The van der Waals surface area contributed by atoms with E-state index in [1.165, 1.54) is 22.3 Å². The highest BCUT2D eigenvalue weighted by molar-refractivity contribution is 6.06. The maximum atomic E-state index is 10.1. The summed E-state index contributed by atoms with van der Waals surface area (Å²) in [4.78, 5) is 4.51. The number of hydrogen-bond acceptors (Lipinski definition) is 5. The average Bonchev–Trinajstić information content (AvgIpc) is 0.785. The van der Waals surface area contributed by atoms with Crippen molar-refractivity contribution in [3.63, 3.8) is 0 Å². The Bertz CT molecular complexity index is 5190. The fraction of sp³-hybridized carbons (Fsp3) is 0. The molecule has 0 bridgehead atoms. The number of ether oxygens (including phenoxy) is 1. The van der Waals surface area contributed by atoms with Crippen LogP contribution in [0.4, 0.5) is 34.1 Å². The van der Waals surface area contributed by atoms with E-state index in [1.54, 1.807) is 12.2 Å². The van der Waals surface area contributed by atoms with E-state index in [9.17, 15) is 10.5 Å². The second-order valence-electron chi connectivity index (χ2n) is 25.4. The van der Waals surface area contributed by atoms with Gasteiger partial charge >= 0.3 is 0 Å². The van der Waals surface area contributed by atoms with E-state index < -0.39 is 0 Å². The lowest BCUT2D eigenvalue weighted by Crippen LogP contribution is -2.09. The Hall–Kier alpha value is -14.4. The molecule has 0 radical (unpaired) electrons. The molecule has 0 saturated heterocycles. The molecule has 0 aliphatic carbocycles. The fourth-order valence-electron chi connectivity index (χ4n) is 13.6. The van der Waals surface area contributed by atoms with Crippen LogP contribution in [0.25, 0.3) is 56.7 Å². The van der Waals surface area contributed by atoms with Gasteiger partial charge in [-0.1, -0.05) is 328 Å². The van der Waals surface area contributed by atoms with Crippen LogP contribution in [0.1, 0.15) is 55.6 Å². The summed E-state index contributed by atoms with van der Waals surface area (Å²) in [6.45, 7) is 0. The van der Waals surface area contributed by atoms with Gasteiger partial charge in [0.1, 0.15) is 29.2 Å². The molecule has 14 aromatic rings. The van der Waals surface area contributed by atoms with Crippen molar-refractivity contribution >= 4 is 68.6 Å². The molecule has 0 fully saturated rings. The zero-order chi connectivity index (χ0) is 70.9. The molecule has 5 heteroatoms. The number of allylic oxidation sites excluding steroid dienone is 6. The van der Waals surface area contributed by atoms with Gasteiger partial charge in [0.2, 0.25) is 0 Å². The highest BCUT2D eigenvalue weighted by Crippen LogP contribution is 2.43. The quantitative estimate of drug-likeness (QED) is 0.0562. The molecule has 15 rings (SSSR count). The predicted molar refractivity (Wildman–Crippen MR) is 435 cm³/mol. The largest absolute Gasteiger partial charge is 0.457 e. The highest BCUT2D eigenvalue weighted by Gasteiger charge is 2.21. The zero-order valence-corrected chi connectivity index (χ0v) is 57.6. The van der Waals surface area contributed by atoms with E-state index >= 15 is 0 Å². The third-order valence-electron chi connectivity index (χ3n) is 18.7. The van der Waals surface area contributed by atoms with Crippen molar-refractivity contribution in [1.82, 2.24) is 0 Å². The zero-order valence-electron chi connectivity index (χ0n) is 57.6. The van der Waals surface area contributed by atoms with Crippen LogP contribution in [0.5, 0.6) is 0 Å².